The molecule has 3 nitrogen and oxygen atoms in total. The van der Waals surface area contributed by atoms with Crippen LogP contribution in [0.1, 0.15) is 69.8 Å². The van der Waals surface area contributed by atoms with Gasteiger partial charge in [0.2, 0.25) is 10.0 Å². The van der Waals surface area contributed by atoms with E-state index >= 15 is 0 Å². The van der Waals surface area contributed by atoms with Crippen LogP contribution in [-0.2, 0) is 10.0 Å². The summed E-state index contributed by atoms with van der Waals surface area (Å²) < 4.78 is 27.0. The molecular formula is C17H27NO2S. The molecule has 1 saturated carbocycles. The van der Waals surface area contributed by atoms with Crippen molar-refractivity contribution in [2.24, 2.45) is 0 Å². The quantitative estimate of drug-likeness (QED) is 0.767. The monoisotopic (exact) mass is 309 g/mol. The van der Waals surface area contributed by atoms with Crippen LogP contribution in [0.2, 0.25) is 0 Å². The van der Waals surface area contributed by atoms with Crippen molar-refractivity contribution in [1.29, 1.82) is 0 Å². The SMILES string of the molecule is CCCCCNS(=O)(=O)c1ccc(C2CCCCC2)cc1. The van der Waals surface area contributed by atoms with Crippen LogP contribution < -0.4 is 4.72 Å². The zero-order chi connectivity index (χ0) is 15.1. The zero-order valence-corrected chi connectivity index (χ0v) is 13.8. The Morgan fingerprint density at radius 1 is 1.05 bits per heavy atom. The van der Waals surface area contributed by atoms with Gasteiger partial charge in [0.1, 0.15) is 0 Å². The van der Waals surface area contributed by atoms with Crippen molar-refractivity contribution in [3.05, 3.63) is 29.8 Å². The Morgan fingerprint density at radius 3 is 2.33 bits per heavy atom. The van der Waals surface area contributed by atoms with Gasteiger partial charge in [-0.3, -0.25) is 0 Å². The predicted molar refractivity (Wildman–Crippen MR) is 87.0 cm³/mol. The Balaban J connectivity index is 1.97. The average Bonchev–Trinajstić information content (AvgIpc) is 2.53. The Labute approximate surface area is 129 Å². The van der Waals surface area contributed by atoms with Crippen molar-refractivity contribution in [2.45, 2.75) is 69.1 Å². The van der Waals surface area contributed by atoms with Crippen LogP contribution in [-0.4, -0.2) is 15.0 Å². The summed E-state index contributed by atoms with van der Waals surface area (Å²) in [5.74, 6) is 0.619. The normalized spacial score (nSPS) is 17.0. The van der Waals surface area contributed by atoms with E-state index in [1.165, 1.54) is 37.7 Å². The molecule has 0 saturated heterocycles. The van der Waals surface area contributed by atoms with Crippen molar-refractivity contribution in [1.82, 2.24) is 4.72 Å². The summed E-state index contributed by atoms with van der Waals surface area (Å²) in [7, 11) is -3.34. The van der Waals surface area contributed by atoms with Gasteiger partial charge in [-0.2, -0.15) is 0 Å². The van der Waals surface area contributed by atoms with Gasteiger partial charge in [-0.1, -0.05) is 51.2 Å². The summed E-state index contributed by atoms with van der Waals surface area (Å²) in [5.41, 5.74) is 1.29. The van der Waals surface area contributed by atoms with E-state index in [2.05, 4.69) is 11.6 Å². The van der Waals surface area contributed by atoms with Gasteiger partial charge in [-0.25, -0.2) is 13.1 Å². The molecule has 1 aromatic carbocycles. The fourth-order valence-corrected chi connectivity index (χ4v) is 4.09. The summed E-state index contributed by atoms with van der Waals surface area (Å²) in [5, 5.41) is 0. The van der Waals surface area contributed by atoms with Crippen LogP contribution in [0.5, 0.6) is 0 Å². The van der Waals surface area contributed by atoms with Crippen LogP contribution in [0.25, 0.3) is 0 Å². The maximum absolute atomic E-state index is 12.2. The minimum Gasteiger partial charge on any atom is -0.211 e. The molecule has 0 amide bonds. The first-order chi connectivity index (χ1) is 10.1. The Morgan fingerprint density at radius 2 is 1.71 bits per heavy atom. The molecule has 0 unspecified atom stereocenters. The van der Waals surface area contributed by atoms with Gasteiger partial charge >= 0.3 is 0 Å². The van der Waals surface area contributed by atoms with Crippen molar-refractivity contribution in [3.63, 3.8) is 0 Å². The summed E-state index contributed by atoms with van der Waals surface area (Å²) in [6.07, 6.45) is 9.46. The molecule has 118 valence electrons. The first-order valence-electron chi connectivity index (χ1n) is 8.23. The van der Waals surface area contributed by atoms with Crippen LogP contribution >= 0.6 is 0 Å². The molecule has 0 radical (unpaired) electrons. The molecule has 2 rings (SSSR count). The molecule has 1 fully saturated rings. The average molecular weight is 309 g/mol. The standard InChI is InChI=1S/C17H27NO2S/c1-2-3-7-14-18-21(19,20)17-12-10-16(11-13-17)15-8-5-4-6-9-15/h10-13,15,18H,2-9,14H2,1H3. The highest BCUT2D eigenvalue weighted by Gasteiger charge is 2.17. The summed E-state index contributed by atoms with van der Waals surface area (Å²) in [6.45, 7) is 2.64. The third-order valence-electron chi connectivity index (χ3n) is 4.34. The molecule has 1 aromatic rings. The fraction of sp³-hybridized carbons (Fsp3) is 0.647. The second kappa shape index (κ2) is 7.95. The Bertz CT molecular complexity index is 516. The maximum atomic E-state index is 12.2. The third kappa shape index (κ3) is 4.82. The molecule has 0 aliphatic heterocycles. The largest absolute Gasteiger partial charge is 0.240 e. The van der Waals surface area contributed by atoms with E-state index in [4.69, 9.17) is 0 Å². The van der Waals surface area contributed by atoms with Crippen LogP contribution in [0.3, 0.4) is 0 Å². The van der Waals surface area contributed by atoms with Crippen molar-refractivity contribution >= 4 is 10.0 Å². The van der Waals surface area contributed by atoms with Gasteiger partial charge in [-0.15, -0.1) is 0 Å². The number of hydrogen-bond acceptors (Lipinski definition) is 2. The second-order valence-electron chi connectivity index (χ2n) is 6.01. The van der Waals surface area contributed by atoms with Crippen molar-refractivity contribution in [3.8, 4) is 0 Å². The molecule has 0 heterocycles. The van der Waals surface area contributed by atoms with Gasteiger partial charge < -0.3 is 0 Å². The van der Waals surface area contributed by atoms with Crippen molar-refractivity contribution in [2.75, 3.05) is 6.54 Å². The minimum atomic E-state index is -3.34. The summed E-state index contributed by atoms with van der Waals surface area (Å²) in [6, 6.07) is 7.51. The van der Waals surface area contributed by atoms with Gasteiger partial charge in [0.25, 0.3) is 0 Å². The number of benzene rings is 1. The minimum absolute atomic E-state index is 0.388. The molecule has 0 aromatic heterocycles. The fourth-order valence-electron chi connectivity index (χ4n) is 3.02. The van der Waals surface area contributed by atoms with Gasteiger partial charge in [-0.05, 0) is 42.9 Å². The Hall–Kier alpha value is -0.870. The molecule has 0 bridgehead atoms. The first kappa shape index (κ1) is 16.5. The number of sulfonamides is 1. The smallest absolute Gasteiger partial charge is 0.211 e. The molecule has 1 aliphatic carbocycles. The third-order valence-corrected chi connectivity index (χ3v) is 5.82. The molecule has 0 atom stereocenters. The second-order valence-corrected chi connectivity index (χ2v) is 7.78. The molecule has 1 aliphatic rings. The molecule has 0 spiro atoms. The number of unbranched alkanes of at least 4 members (excludes halogenated alkanes) is 2. The summed E-state index contributed by atoms with van der Waals surface area (Å²) in [4.78, 5) is 0.388. The van der Waals surface area contributed by atoms with Crippen molar-refractivity contribution < 1.29 is 8.42 Å². The first-order valence-corrected chi connectivity index (χ1v) is 9.71. The zero-order valence-electron chi connectivity index (χ0n) is 13.0. The van der Waals surface area contributed by atoms with Gasteiger partial charge in [0, 0.05) is 6.54 Å². The Kier molecular flexibility index (Phi) is 6.24. The van der Waals surface area contributed by atoms with E-state index in [0.717, 1.165) is 19.3 Å². The maximum Gasteiger partial charge on any atom is 0.240 e. The predicted octanol–water partition coefficient (Wildman–Crippen LogP) is 4.20. The molecular weight excluding hydrogens is 282 g/mol. The van der Waals surface area contributed by atoms with E-state index in [1.807, 2.05) is 12.1 Å². The highest BCUT2D eigenvalue weighted by Crippen LogP contribution is 2.32. The highest BCUT2D eigenvalue weighted by molar-refractivity contribution is 7.89. The van der Waals surface area contributed by atoms with Gasteiger partial charge in [0.05, 0.1) is 4.90 Å². The van der Waals surface area contributed by atoms with E-state index < -0.39 is 10.0 Å². The number of nitrogens with one attached hydrogen (secondary N) is 1. The number of rotatable bonds is 7. The highest BCUT2D eigenvalue weighted by atomic mass is 32.2. The molecule has 1 N–H and O–H groups in total. The molecule has 21 heavy (non-hydrogen) atoms. The lowest BCUT2D eigenvalue weighted by Gasteiger charge is -2.22. The number of hydrogen-bond donors (Lipinski definition) is 1. The van der Waals surface area contributed by atoms with Crippen LogP contribution in [0.4, 0.5) is 0 Å². The lowest BCUT2D eigenvalue weighted by Crippen LogP contribution is -2.24. The topological polar surface area (TPSA) is 46.2 Å². The molecule has 4 heteroatoms. The lowest BCUT2D eigenvalue weighted by atomic mass is 9.84. The lowest BCUT2D eigenvalue weighted by molar-refractivity contribution is 0.443. The van der Waals surface area contributed by atoms with Gasteiger partial charge in [0.15, 0.2) is 0 Å². The van der Waals surface area contributed by atoms with Crippen LogP contribution in [0, 0.1) is 0 Å². The van der Waals surface area contributed by atoms with E-state index in [-0.39, 0.29) is 0 Å². The van der Waals surface area contributed by atoms with E-state index in [1.54, 1.807) is 12.1 Å². The van der Waals surface area contributed by atoms with Crippen LogP contribution in [0.15, 0.2) is 29.2 Å². The van der Waals surface area contributed by atoms with E-state index in [9.17, 15) is 8.42 Å². The van der Waals surface area contributed by atoms with E-state index in [0.29, 0.717) is 17.4 Å². The summed E-state index contributed by atoms with van der Waals surface area (Å²) >= 11 is 0.